The fourth-order valence-electron chi connectivity index (χ4n) is 2.03. The van der Waals surface area contributed by atoms with Gasteiger partial charge in [0.15, 0.2) is 9.84 Å². The number of sulfone groups is 1. The van der Waals surface area contributed by atoms with Gasteiger partial charge in [-0.25, -0.2) is 13.4 Å². The first-order chi connectivity index (χ1) is 10.3. The SMILES string of the molecule is CS(=O)(=O)c1ccc(=O)n(Cc2nc3ccc(O)cc3s2)c1. The van der Waals surface area contributed by atoms with E-state index in [1.807, 2.05) is 0 Å². The molecule has 1 aromatic carbocycles. The summed E-state index contributed by atoms with van der Waals surface area (Å²) < 4.78 is 25.3. The van der Waals surface area contributed by atoms with Crippen molar-refractivity contribution >= 4 is 31.4 Å². The molecule has 114 valence electrons. The summed E-state index contributed by atoms with van der Waals surface area (Å²) in [6, 6.07) is 7.37. The summed E-state index contributed by atoms with van der Waals surface area (Å²) in [7, 11) is -3.37. The van der Waals surface area contributed by atoms with Crippen LogP contribution in [0.25, 0.3) is 10.2 Å². The number of pyridine rings is 1. The Bertz CT molecular complexity index is 1020. The van der Waals surface area contributed by atoms with E-state index in [9.17, 15) is 18.3 Å². The number of thiazole rings is 1. The van der Waals surface area contributed by atoms with Crippen LogP contribution in [0.5, 0.6) is 5.75 Å². The highest BCUT2D eigenvalue weighted by Crippen LogP contribution is 2.26. The van der Waals surface area contributed by atoms with Gasteiger partial charge in [-0.2, -0.15) is 0 Å². The predicted octanol–water partition coefficient (Wildman–Crippen LogP) is 1.62. The lowest BCUT2D eigenvalue weighted by molar-refractivity contribution is 0.476. The molecule has 0 amide bonds. The van der Waals surface area contributed by atoms with E-state index in [4.69, 9.17) is 0 Å². The molecule has 0 aliphatic rings. The van der Waals surface area contributed by atoms with Gasteiger partial charge in [-0.15, -0.1) is 11.3 Å². The summed E-state index contributed by atoms with van der Waals surface area (Å²) in [4.78, 5) is 16.3. The fourth-order valence-corrected chi connectivity index (χ4v) is 3.66. The molecule has 0 atom stereocenters. The van der Waals surface area contributed by atoms with Gasteiger partial charge in [0, 0.05) is 18.5 Å². The maximum atomic E-state index is 11.9. The molecule has 0 spiro atoms. The molecule has 0 aliphatic carbocycles. The maximum absolute atomic E-state index is 11.9. The highest BCUT2D eigenvalue weighted by Gasteiger charge is 2.11. The summed E-state index contributed by atoms with van der Waals surface area (Å²) in [5, 5.41) is 10.1. The van der Waals surface area contributed by atoms with Crippen molar-refractivity contribution in [1.82, 2.24) is 9.55 Å². The van der Waals surface area contributed by atoms with Crippen LogP contribution in [0.4, 0.5) is 0 Å². The monoisotopic (exact) mass is 336 g/mol. The molecule has 8 heteroatoms. The third-order valence-corrected chi connectivity index (χ3v) is 5.21. The van der Waals surface area contributed by atoms with Gasteiger partial charge in [-0.3, -0.25) is 4.79 Å². The van der Waals surface area contributed by atoms with Gasteiger partial charge in [0.25, 0.3) is 5.56 Å². The Kier molecular flexibility index (Phi) is 3.50. The van der Waals surface area contributed by atoms with Crippen molar-refractivity contribution in [1.29, 1.82) is 0 Å². The molecule has 0 saturated heterocycles. The Morgan fingerprint density at radius 1 is 1.27 bits per heavy atom. The van der Waals surface area contributed by atoms with E-state index in [0.29, 0.717) is 5.01 Å². The smallest absolute Gasteiger partial charge is 0.250 e. The average molecular weight is 336 g/mol. The van der Waals surface area contributed by atoms with Crippen LogP contribution >= 0.6 is 11.3 Å². The molecule has 2 heterocycles. The number of fused-ring (bicyclic) bond motifs is 1. The number of hydrogen-bond acceptors (Lipinski definition) is 6. The van der Waals surface area contributed by atoms with Gasteiger partial charge >= 0.3 is 0 Å². The number of benzene rings is 1. The van der Waals surface area contributed by atoms with Crippen molar-refractivity contribution < 1.29 is 13.5 Å². The second-order valence-electron chi connectivity index (χ2n) is 4.86. The number of phenolic OH excluding ortho intramolecular Hbond substituents is 1. The summed E-state index contributed by atoms with van der Waals surface area (Å²) in [6.07, 6.45) is 2.42. The van der Waals surface area contributed by atoms with Crippen molar-refractivity contribution in [2.24, 2.45) is 0 Å². The third-order valence-electron chi connectivity index (χ3n) is 3.11. The first-order valence-corrected chi connectivity index (χ1v) is 9.03. The molecule has 0 radical (unpaired) electrons. The van der Waals surface area contributed by atoms with Gasteiger partial charge in [0.1, 0.15) is 10.8 Å². The molecule has 22 heavy (non-hydrogen) atoms. The normalized spacial score (nSPS) is 11.9. The third kappa shape index (κ3) is 2.88. The van der Waals surface area contributed by atoms with Gasteiger partial charge in [0.05, 0.1) is 21.7 Å². The first kappa shape index (κ1) is 14.7. The lowest BCUT2D eigenvalue weighted by atomic mass is 10.3. The van der Waals surface area contributed by atoms with E-state index < -0.39 is 9.84 Å². The second-order valence-corrected chi connectivity index (χ2v) is 7.99. The number of phenols is 1. The second kappa shape index (κ2) is 5.22. The minimum absolute atomic E-state index is 0.0888. The van der Waals surface area contributed by atoms with Crippen molar-refractivity contribution in [3.05, 3.63) is 51.9 Å². The van der Waals surface area contributed by atoms with Crippen LogP contribution in [0, 0.1) is 0 Å². The van der Waals surface area contributed by atoms with E-state index in [0.717, 1.165) is 16.5 Å². The Hall–Kier alpha value is -2.19. The van der Waals surface area contributed by atoms with E-state index >= 15 is 0 Å². The van der Waals surface area contributed by atoms with E-state index in [1.165, 1.54) is 34.2 Å². The van der Waals surface area contributed by atoms with Crippen LogP contribution in [0.2, 0.25) is 0 Å². The number of rotatable bonds is 3. The Labute approximate surface area is 130 Å². The summed E-state index contributed by atoms with van der Waals surface area (Å²) in [5.74, 6) is 0.152. The minimum atomic E-state index is -3.37. The lowest BCUT2D eigenvalue weighted by Gasteiger charge is -2.05. The average Bonchev–Trinajstić information content (AvgIpc) is 2.81. The summed E-state index contributed by atoms with van der Waals surface area (Å²) >= 11 is 1.35. The molecular formula is C14H12N2O4S2. The number of aromatic hydroxyl groups is 1. The minimum Gasteiger partial charge on any atom is -0.508 e. The molecule has 0 unspecified atom stereocenters. The van der Waals surface area contributed by atoms with Crippen molar-refractivity contribution in [2.45, 2.75) is 11.4 Å². The van der Waals surface area contributed by atoms with Crippen LogP contribution in [-0.2, 0) is 16.4 Å². The Morgan fingerprint density at radius 3 is 2.77 bits per heavy atom. The molecule has 2 aromatic heterocycles. The van der Waals surface area contributed by atoms with Gasteiger partial charge in [-0.05, 0) is 24.3 Å². The Balaban J connectivity index is 2.02. The molecule has 0 aliphatic heterocycles. The molecule has 0 fully saturated rings. The molecule has 3 rings (SSSR count). The van der Waals surface area contributed by atoms with Crippen LogP contribution in [-0.4, -0.2) is 29.3 Å². The Morgan fingerprint density at radius 2 is 2.05 bits per heavy atom. The molecule has 6 nitrogen and oxygen atoms in total. The molecule has 0 saturated carbocycles. The van der Waals surface area contributed by atoms with Crippen LogP contribution in [0.3, 0.4) is 0 Å². The van der Waals surface area contributed by atoms with Crippen molar-refractivity contribution in [3.8, 4) is 5.75 Å². The highest BCUT2D eigenvalue weighted by molar-refractivity contribution is 7.90. The number of nitrogens with zero attached hydrogens (tertiary/aromatic N) is 2. The van der Waals surface area contributed by atoms with E-state index in [1.54, 1.807) is 18.2 Å². The predicted molar refractivity (Wildman–Crippen MR) is 84.2 cm³/mol. The van der Waals surface area contributed by atoms with Gasteiger partial charge < -0.3 is 9.67 Å². The largest absolute Gasteiger partial charge is 0.508 e. The van der Waals surface area contributed by atoms with Crippen LogP contribution in [0.15, 0.2) is 46.2 Å². The maximum Gasteiger partial charge on any atom is 0.250 e. The molecule has 1 N–H and O–H groups in total. The zero-order chi connectivity index (χ0) is 15.9. The standard InChI is InChI=1S/C14H12N2O4S2/c1-22(19,20)10-3-5-14(18)16(7-10)8-13-15-11-4-2-9(17)6-12(11)21-13/h2-7,17H,8H2,1H3. The van der Waals surface area contributed by atoms with E-state index in [-0.39, 0.29) is 22.7 Å². The molecule has 0 bridgehead atoms. The first-order valence-electron chi connectivity index (χ1n) is 6.32. The van der Waals surface area contributed by atoms with Crippen molar-refractivity contribution in [2.75, 3.05) is 6.26 Å². The zero-order valence-electron chi connectivity index (χ0n) is 11.6. The van der Waals surface area contributed by atoms with Crippen LogP contribution in [0.1, 0.15) is 5.01 Å². The fraction of sp³-hybridized carbons (Fsp3) is 0.143. The molecule has 3 aromatic rings. The van der Waals surface area contributed by atoms with Gasteiger partial charge in [0.2, 0.25) is 0 Å². The lowest BCUT2D eigenvalue weighted by Crippen LogP contribution is -2.20. The summed E-state index contributed by atoms with van der Waals surface area (Å²) in [5.41, 5.74) is 0.430. The van der Waals surface area contributed by atoms with Crippen molar-refractivity contribution in [3.63, 3.8) is 0 Å². The quantitative estimate of drug-likeness (QED) is 0.785. The number of hydrogen-bond donors (Lipinski definition) is 1. The van der Waals surface area contributed by atoms with Crippen LogP contribution < -0.4 is 5.56 Å². The highest BCUT2D eigenvalue weighted by atomic mass is 32.2. The number of aromatic nitrogens is 2. The zero-order valence-corrected chi connectivity index (χ0v) is 13.2. The summed E-state index contributed by atoms with van der Waals surface area (Å²) in [6.45, 7) is 0.183. The van der Waals surface area contributed by atoms with E-state index in [2.05, 4.69) is 4.98 Å². The topological polar surface area (TPSA) is 89.3 Å². The molecular weight excluding hydrogens is 324 g/mol. The van der Waals surface area contributed by atoms with Gasteiger partial charge in [-0.1, -0.05) is 0 Å².